The molecular formula is C23H18N4O5S2. The van der Waals surface area contributed by atoms with E-state index in [9.17, 15) is 19.7 Å². The van der Waals surface area contributed by atoms with Crippen molar-refractivity contribution in [2.45, 2.75) is 17.1 Å². The number of rotatable bonds is 8. The van der Waals surface area contributed by atoms with Crippen LogP contribution in [-0.4, -0.2) is 27.0 Å². The summed E-state index contributed by atoms with van der Waals surface area (Å²) in [6, 6.07) is 16.5. The predicted octanol–water partition coefficient (Wildman–Crippen LogP) is 5.68. The Morgan fingerprint density at radius 3 is 2.62 bits per heavy atom. The fourth-order valence-corrected chi connectivity index (χ4v) is 4.51. The number of non-ortho nitro benzene ring substituents is 1. The molecule has 0 aliphatic heterocycles. The SMILES string of the molecule is CC(Sc1ccc(NC(=O)c2ccco2)cc1)C(=O)Nc1nc(-c2cccc([N+](=O)[O-])c2)cs1. The van der Waals surface area contributed by atoms with Crippen LogP contribution < -0.4 is 10.6 Å². The normalized spacial score (nSPS) is 11.6. The molecule has 0 saturated carbocycles. The lowest BCUT2D eigenvalue weighted by molar-refractivity contribution is -0.384. The van der Waals surface area contributed by atoms with Crippen LogP contribution in [0.3, 0.4) is 0 Å². The Morgan fingerprint density at radius 1 is 1.12 bits per heavy atom. The molecule has 0 fully saturated rings. The van der Waals surface area contributed by atoms with Crippen LogP contribution in [-0.2, 0) is 4.79 Å². The van der Waals surface area contributed by atoms with Crippen LogP contribution >= 0.6 is 23.1 Å². The summed E-state index contributed by atoms with van der Waals surface area (Å²) in [6.45, 7) is 1.78. The van der Waals surface area contributed by atoms with Crippen molar-refractivity contribution in [1.29, 1.82) is 0 Å². The standard InChI is InChI=1S/C23H18N4O5S2/c1-14(34-18-9-7-16(8-10-18)24-22(29)20-6-3-11-32-20)21(28)26-23-25-19(13-33-23)15-4-2-5-17(12-15)27(30)31/h2-14H,1H3,(H,24,29)(H,25,26,28). The maximum Gasteiger partial charge on any atom is 0.291 e. The van der Waals surface area contributed by atoms with Gasteiger partial charge in [-0.15, -0.1) is 23.1 Å². The summed E-state index contributed by atoms with van der Waals surface area (Å²) in [5.74, 6) is -0.342. The molecule has 0 spiro atoms. The number of nitro benzene ring substituents is 1. The molecule has 4 rings (SSSR count). The van der Waals surface area contributed by atoms with Crippen LogP contribution in [0.15, 0.2) is 81.6 Å². The number of hydrogen-bond acceptors (Lipinski definition) is 8. The highest BCUT2D eigenvalue weighted by molar-refractivity contribution is 8.00. The van der Waals surface area contributed by atoms with Crippen molar-refractivity contribution in [3.05, 3.63) is 88.2 Å². The molecule has 2 amide bonds. The van der Waals surface area contributed by atoms with Crippen LogP contribution in [0.4, 0.5) is 16.5 Å². The van der Waals surface area contributed by atoms with E-state index in [0.29, 0.717) is 22.1 Å². The summed E-state index contributed by atoms with van der Waals surface area (Å²) in [5.41, 5.74) is 1.75. The number of amides is 2. The molecule has 11 heteroatoms. The monoisotopic (exact) mass is 494 g/mol. The lowest BCUT2D eigenvalue weighted by atomic mass is 10.1. The molecule has 0 bridgehead atoms. The minimum Gasteiger partial charge on any atom is -0.459 e. The molecule has 0 aliphatic rings. The second-order valence-corrected chi connectivity index (χ2v) is 9.32. The molecule has 34 heavy (non-hydrogen) atoms. The Labute approximate surface area is 202 Å². The first-order valence-electron chi connectivity index (χ1n) is 10.0. The minimum absolute atomic E-state index is 0.0207. The number of benzene rings is 2. The van der Waals surface area contributed by atoms with Crippen molar-refractivity contribution in [2.24, 2.45) is 0 Å². The van der Waals surface area contributed by atoms with E-state index in [-0.39, 0.29) is 23.3 Å². The fourth-order valence-electron chi connectivity index (χ4n) is 2.92. The zero-order valence-electron chi connectivity index (χ0n) is 17.8. The number of hydrogen-bond donors (Lipinski definition) is 2. The molecule has 2 aromatic heterocycles. The van der Waals surface area contributed by atoms with Gasteiger partial charge in [-0.3, -0.25) is 19.7 Å². The summed E-state index contributed by atoms with van der Waals surface area (Å²) in [5, 5.41) is 18.3. The Bertz CT molecular complexity index is 1320. The zero-order chi connectivity index (χ0) is 24.1. The average Bonchev–Trinajstić information content (AvgIpc) is 3.53. The number of aromatic nitrogens is 1. The Kier molecular flexibility index (Phi) is 7.04. The predicted molar refractivity (Wildman–Crippen MR) is 131 cm³/mol. The van der Waals surface area contributed by atoms with Crippen LogP contribution in [0.1, 0.15) is 17.5 Å². The second-order valence-electron chi connectivity index (χ2n) is 7.05. The van der Waals surface area contributed by atoms with Gasteiger partial charge in [-0.2, -0.15) is 0 Å². The van der Waals surface area contributed by atoms with Crippen LogP contribution in [0.5, 0.6) is 0 Å². The Balaban J connectivity index is 1.33. The van der Waals surface area contributed by atoms with E-state index in [1.54, 1.807) is 48.7 Å². The summed E-state index contributed by atoms with van der Waals surface area (Å²) in [4.78, 5) is 40.4. The molecule has 2 heterocycles. The maximum atomic E-state index is 12.6. The van der Waals surface area contributed by atoms with Gasteiger partial charge in [0, 0.05) is 33.7 Å². The second kappa shape index (κ2) is 10.3. The molecule has 1 atom stereocenters. The third-order valence-corrected chi connectivity index (χ3v) is 6.50. The third kappa shape index (κ3) is 5.69. The van der Waals surface area contributed by atoms with Gasteiger partial charge in [-0.1, -0.05) is 12.1 Å². The molecule has 2 aromatic carbocycles. The first-order chi connectivity index (χ1) is 16.4. The van der Waals surface area contributed by atoms with Crippen molar-refractivity contribution >= 4 is 51.4 Å². The van der Waals surface area contributed by atoms with E-state index in [1.165, 1.54) is 41.5 Å². The van der Waals surface area contributed by atoms with Crippen molar-refractivity contribution in [3.8, 4) is 11.3 Å². The number of thiazole rings is 1. The van der Waals surface area contributed by atoms with Crippen molar-refractivity contribution in [2.75, 3.05) is 10.6 Å². The number of carbonyl (C=O) groups excluding carboxylic acids is 2. The lowest BCUT2D eigenvalue weighted by Gasteiger charge is -2.11. The highest BCUT2D eigenvalue weighted by Crippen LogP contribution is 2.29. The van der Waals surface area contributed by atoms with E-state index >= 15 is 0 Å². The number of thioether (sulfide) groups is 1. The molecule has 0 saturated heterocycles. The van der Waals surface area contributed by atoms with Gasteiger partial charge < -0.3 is 15.1 Å². The number of nitrogens with zero attached hydrogens (tertiary/aromatic N) is 2. The lowest BCUT2D eigenvalue weighted by Crippen LogP contribution is -2.22. The van der Waals surface area contributed by atoms with Crippen LogP contribution in [0.25, 0.3) is 11.3 Å². The van der Waals surface area contributed by atoms with Crippen molar-refractivity contribution in [1.82, 2.24) is 4.98 Å². The summed E-state index contributed by atoms with van der Waals surface area (Å²) in [6.07, 6.45) is 1.43. The van der Waals surface area contributed by atoms with E-state index < -0.39 is 10.2 Å². The number of carbonyl (C=O) groups is 2. The van der Waals surface area contributed by atoms with E-state index in [2.05, 4.69) is 15.6 Å². The Morgan fingerprint density at radius 2 is 1.91 bits per heavy atom. The van der Waals surface area contributed by atoms with Crippen molar-refractivity contribution in [3.63, 3.8) is 0 Å². The molecule has 172 valence electrons. The summed E-state index contributed by atoms with van der Waals surface area (Å²) in [7, 11) is 0. The number of anilines is 2. The van der Waals surface area contributed by atoms with Gasteiger partial charge >= 0.3 is 0 Å². The van der Waals surface area contributed by atoms with Crippen LogP contribution in [0.2, 0.25) is 0 Å². The topological polar surface area (TPSA) is 127 Å². The minimum atomic E-state index is -0.461. The number of nitro groups is 1. The van der Waals surface area contributed by atoms with Gasteiger partial charge in [0.2, 0.25) is 5.91 Å². The molecule has 0 aliphatic carbocycles. The molecule has 4 aromatic rings. The molecule has 9 nitrogen and oxygen atoms in total. The summed E-state index contributed by atoms with van der Waals surface area (Å²) < 4.78 is 5.07. The first-order valence-corrected chi connectivity index (χ1v) is 11.8. The quantitative estimate of drug-likeness (QED) is 0.183. The molecule has 2 N–H and O–H groups in total. The highest BCUT2D eigenvalue weighted by atomic mass is 32.2. The largest absolute Gasteiger partial charge is 0.459 e. The number of nitrogens with one attached hydrogen (secondary N) is 2. The van der Waals surface area contributed by atoms with Crippen molar-refractivity contribution < 1.29 is 18.9 Å². The fraction of sp³-hybridized carbons (Fsp3) is 0.0870. The average molecular weight is 495 g/mol. The third-order valence-electron chi connectivity index (χ3n) is 4.63. The smallest absolute Gasteiger partial charge is 0.291 e. The van der Waals surface area contributed by atoms with Gasteiger partial charge in [0.1, 0.15) is 0 Å². The van der Waals surface area contributed by atoms with Crippen LogP contribution in [0, 0.1) is 10.1 Å². The molecular weight excluding hydrogens is 476 g/mol. The van der Waals surface area contributed by atoms with Gasteiger partial charge in [0.15, 0.2) is 10.9 Å². The molecule has 1 unspecified atom stereocenters. The Hall–Kier alpha value is -3.96. The summed E-state index contributed by atoms with van der Waals surface area (Å²) >= 11 is 2.61. The number of furan rings is 1. The van der Waals surface area contributed by atoms with Gasteiger partial charge in [-0.25, -0.2) is 4.98 Å². The van der Waals surface area contributed by atoms with E-state index in [1.807, 2.05) is 12.1 Å². The van der Waals surface area contributed by atoms with E-state index in [4.69, 9.17) is 4.42 Å². The van der Waals surface area contributed by atoms with Gasteiger partial charge in [0.25, 0.3) is 11.6 Å². The van der Waals surface area contributed by atoms with E-state index in [0.717, 1.165) is 4.90 Å². The highest BCUT2D eigenvalue weighted by Gasteiger charge is 2.17. The maximum absolute atomic E-state index is 12.6. The van der Waals surface area contributed by atoms with Gasteiger partial charge in [-0.05, 0) is 43.3 Å². The van der Waals surface area contributed by atoms with Gasteiger partial charge in [0.05, 0.1) is 22.1 Å². The first kappa shape index (κ1) is 23.2. The zero-order valence-corrected chi connectivity index (χ0v) is 19.4. The molecule has 0 radical (unpaired) electrons.